The molecule has 94 valence electrons. The number of carboxylic acid groups (broad SMARTS) is 1. The van der Waals surface area contributed by atoms with Crippen molar-refractivity contribution in [2.45, 2.75) is 57.5 Å². The molecule has 1 aliphatic rings. The molecule has 0 heterocycles. The van der Waals surface area contributed by atoms with E-state index in [1.807, 2.05) is 6.92 Å². The third-order valence-electron chi connectivity index (χ3n) is 3.43. The SMILES string of the molecule is CCCC(NC1CCCCC1CO)C(=O)O. The number of hydrogen-bond acceptors (Lipinski definition) is 3. The minimum atomic E-state index is -0.774. The van der Waals surface area contributed by atoms with Gasteiger partial charge in [-0.3, -0.25) is 4.79 Å². The van der Waals surface area contributed by atoms with Crippen LogP contribution in [0.25, 0.3) is 0 Å². The van der Waals surface area contributed by atoms with Crippen LogP contribution >= 0.6 is 0 Å². The van der Waals surface area contributed by atoms with Gasteiger partial charge in [0, 0.05) is 12.6 Å². The highest BCUT2D eigenvalue weighted by Crippen LogP contribution is 2.24. The summed E-state index contributed by atoms with van der Waals surface area (Å²) in [6, 6.07) is -0.284. The predicted molar refractivity (Wildman–Crippen MR) is 62.3 cm³/mol. The highest BCUT2D eigenvalue weighted by Gasteiger charge is 2.28. The number of carboxylic acids is 1. The Morgan fingerprint density at radius 2 is 2.12 bits per heavy atom. The maximum absolute atomic E-state index is 11.0. The summed E-state index contributed by atoms with van der Waals surface area (Å²) < 4.78 is 0. The van der Waals surface area contributed by atoms with E-state index in [4.69, 9.17) is 5.11 Å². The van der Waals surface area contributed by atoms with Gasteiger partial charge in [0.1, 0.15) is 6.04 Å². The second-order valence-corrected chi connectivity index (χ2v) is 4.68. The van der Waals surface area contributed by atoms with Crippen LogP contribution in [-0.4, -0.2) is 34.9 Å². The molecule has 0 aliphatic heterocycles. The Bertz CT molecular complexity index is 220. The van der Waals surface area contributed by atoms with Crippen molar-refractivity contribution in [1.82, 2.24) is 5.32 Å². The Hall–Kier alpha value is -0.610. The van der Waals surface area contributed by atoms with E-state index >= 15 is 0 Å². The second kappa shape index (κ2) is 6.86. The largest absolute Gasteiger partial charge is 0.480 e. The first kappa shape index (κ1) is 13.5. The lowest BCUT2D eigenvalue weighted by Crippen LogP contribution is -2.48. The lowest BCUT2D eigenvalue weighted by molar-refractivity contribution is -0.140. The fourth-order valence-electron chi connectivity index (χ4n) is 2.47. The van der Waals surface area contributed by atoms with Crippen LogP contribution < -0.4 is 5.32 Å². The molecule has 1 saturated carbocycles. The van der Waals surface area contributed by atoms with Gasteiger partial charge < -0.3 is 15.5 Å². The molecular weight excluding hydrogens is 206 g/mol. The number of aliphatic hydroxyl groups excluding tert-OH is 1. The maximum Gasteiger partial charge on any atom is 0.320 e. The molecule has 0 radical (unpaired) electrons. The van der Waals surface area contributed by atoms with Crippen molar-refractivity contribution in [3.8, 4) is 0 Å². The molecule has 4 heteroatoms. The van der Waals surface area contributed by atoms with Crippen LogP contribution in [0.15, 0.2) is 0 Å². The number of hydrogen-bond donors (Lipinski definition) is 3. The molecule has 3 unspecified atom stereocenters. The number of rotatable bonds is 6. The van der Waals surface area contributed by atoms with Gasteiger partial charge in [-0.25, -0.2) is 0 Å². The Morgan fingerprint density at radius 1 is 1.44 bits per heavy atom. The Labute approximate surface area is 97.0 Å². The van der Waals surface area contributed by atoms with Crippen LogP contribution in [0.2, 0.25) is 0 Å². The topological polar surface area (TPSA) is 69.6 Å². The van der Waals surface area contributed by atoms with Crippen LogP contribution in [0.5, 0.6) is 0 Å². The monoisotopic (exact) mass is 229 g/mol. The third-order valence-corrected chi connectivity index (χ3v) is 3.43. The normalized spacial score (nSPS) is 27.6. The van der Waals surface area contributed by atoms with Gasteiger partial charge in [0.05, 0.1) is 0 Å². The molecule has 0 amide bonds. The van der Waals surface area contributed by atoms with E-state index in [9.17, 15) is 9.90 Å². The highest BCUT2D eigenvalue weighted by atomic mass is 16.4. The van der Waals surface area contributed by atoms with Crippen LogP contribution in [0.4, 0.5) is 0 Å². The van der Waals surface area contributed by atoms with E-state index in [0.29, 0.717) is 6.42 Å². The summed E-state index contributed by atoms with van der Waals surface area (Å²) in [4.78, 5) is 11.0. The van der Waals surface area contributed by atoms with Crippen molar-refractivity contribution in [2.24, 2.45) is 5.92 Å². The van der Waals surface area contributed by atoms with E-state index in [2.05, 4.69) is 5.32 Å². The lowest BCUT2D eigenvalue weighted by atomic mass is 9.84. The van der Waals surface area contributed by atoms with E-state index in [1.54, 1.807) is 0 Å². The molecule has 0 bridgehead atoms. The summed E-state index contributed by atoms with van der Waals surface area (Å²) in [5, 5.41) is 21.5. The van der Waals surface area contributed by atoms with Crippen LogP contribution in [0.3, 0.4) is 0 Å². The first-order valence-corrected chi connectivity index (χ1v) is 6.28. The lowest BCUT2D eigenvalue weighted by Gasteiger charge is -2.33. The fourth-order valence-corrected chi connectivity index (χ4v) is 2.47. The fraction of sp³-hybridized carbons (Fsp3) is 0.917. The Kier molecular flexibility index (Phi) is 5.77. The summed E-state index contributed by atoms with van der Waals surface area (Å²) in [6.07, 6.45) is 5.79. The Morgan fingerprint density at radius 3 is 2.69 bits per heavy atom. The summed E-state index contributed by atoms with van der Waals surface area (Å²) >= 11 is 0. The van der Waals surface area contributed by atoms with Gasteiger partial charge in [0.15, 0.2) is 0 Å². The van der Waals surface area contributed by atoms with Crippen LogP contribution in [0, 0.1) is 5.92 Å². The van der Waals surface area contributed by atoms with Crippen molar-refractivity contribution in [1.29, 1.82) is 0 Å². The minimum Gasteiger partial charge on any atom is -0.480 e. The van der Waals surface area contributed by atoms with E-state index in [0.717, 1.165) is 32.1 Å². The van der Waals surface area contributed by atoms with Crippen LogP contribution in [-0.2, 0) is 4.79 Å². The van der Waals surface area contributed by atoms with Gasteiger partial charge in [0.25, 0.3) is 0 Å². The molecule has 4 nitrogen and oxygen atoms in total. The van der Waals surface area contributed by atoms with E-state index in [-0.39, 0.29) is 18.6 Å². The standard InChI is InChI=1S/C12H23NO3/c1-2-5-11(12(15)16)13-10-7-4-3-6-9(10)8-14/h9-11,13-14H,2-8H2,1H3,(H,15,16). The molecule has 0 aromatic heterocycles. The summed E-state index contributed by atoms with van der Waals surface area (Å²) in [5.41, 5.74) is 0. The summed E-state index contributed by atoms with van der Waals surface area (Å²) in [6.45, 7) is 2.15. The van der Waals surface area contributed by atoms with Crippen molar-refractivity contribution in [3.05, 3.63) is 0 Å². The van der Waals surface area contributed by atoms with E-state index < -0.39 is 12.0 Å². The minimum absolute atomic E-state index is 0.163. The number of carbonyl (C=O) groups is 1. The van der Waals surface area contributed by atoms with Gasteiger partial charge in [-0.15, -0.1) is 0 Å². The average molecular weight is 229 g/mol. The number of aliphatic carboxylic acids is 1. The summed E-state index contributed by atoms with van der Waals surface area (Å²) in [7, 11) is 0. The maximum atomic E-state index is 11.0. The number of nitrogens with one attached hydrogen (secondary N) is 1. The van der Waals surface area contributed by atoms with Crippen molar-refractivity contribution < 1.29 is 15.0 Å². The molecule has 3 atom stereocenters. The zero-order chi connectivity index (χ0) is 12.0. The summed E-state index contributed by atoms with van der Waals surface area (Å²) in [5.74, 6) is -0.545. The molecule has 1 aliphatic carbocycles. The molecule has 3 N–H and O–H groups in total. The van der Waals surface area contributed by atoms with Crippen LogP contribution in [0.1, 0.15) is 45.4 Å². The van der Waals surface area contributed by atoms with Gasteiger partial charge in [-0.2, -0.15) is 0 Å². The molecule has 16 heavy (non-hydrogen) atoms. The van der Waals surface area contributed by atoms with Crippen molar-refractivity contribution >= 4 is 5.97 Å². The molecule has 0 aromatic carbocycles. The zero-order valence-corrected chi connectivity index (χ0v) is 9.98. The van der Waals surface area contributed by atoms with Gasteiger partial charge in [0.2, 0.25) is 0 Å². The first-order chi connectivity index (χ1) is 7.69. The quantitative estimate of drug-likeness (QED) is 0.643. The predicted octanol–water partition coefficient (Wildman–Crippen LogP) is 1.38. The number of aliphatic hydroxyl groups is 1. The molecule has 1 fully saturated rings. The highest BCUT2D eigenvalue weighted by molar-refractivity contribution is 5.73. The molecule has 0 spiro atoms. The van der Waals surface area contributed by atoms with E-state index in [1.165, 1.54) is 0 Å². The zero-order valence-electron chi connectivity index (χ0n) is 9.98. The third kappa shape index (κ3) is 3.76. The van der Waals surface area contributed by atoms with Crippen molar-refractivity contribution in [2.75, 3.05) is 6.61 Å². The first-order valence-electron chi connectivity index (χ1n) is 6.28. The molecular formula is C12H23NO3. The van der Waals surface area contributed by atoms with Crippen molar-refractivity contribution in [3.63, 3.8) is 0 Å². The van der Waals surface area contributed by atoms with Gasteiger partial charge >= 0.3 is 5.97 Å². The Balaban J connectivity index is 2.50. The smallest absolute Gasteiger partial charge is 0.320 e. The molecule has 0 aromatic rings. The second-order valence-electron chi connectivity index (χ2n) is 4.68. The van der Waals surface area contributed by atoms with Gasteiger partial charge in [-0.05, 0) is 25.2 Å². The molecule has 0 saturated heterocycles. The van der Waals surface area contributed by atoms with Gasteiger partial charge in [-0.1, -0.05) is 26.2 Å². The molecule has 1 rings (SSSR count). The average Bonchev–Trinajstić information content (AvgIpc) is 2.29.